The van der Waals surface area contributed by atoms with Gasteiger partial charge < -0.3 is 10.1 Å². The van der Waals surface area contributed by atoms with Gasteiger partial charge in [-0.3, -0.25) is 9.59 Å². The van der Waals surface area contributed by atoms with Crippen LogP contribution in [0.4, 0.5) is 5.13 Å². The molecule has 1 rings (SSSR count). The first kappa shape index (κ1) is 12.3. The van der Waals surface area contributed by atoms with Crippen molar-refractivity contribution in [3.63, 3.8) is 0 Å². The van der Waals surface area contributed by atoms with Gasteiger partial charge >= 0.3 is 5.97 Å². The van der Waals surface area contributed by atoms with E-state index in [0.717, 1.165) is 0 Å². The Morgan fingerprint density at radius 3 is 3.00 bits per heavy atom. The van der Waals surface area contributed by atoms with Gasteiger partial charge in [0.25, 0.3) is 0 Å². The Hall–Kier alpha value is -1.76. The van der Waals surface area contributed by atoms with Crippen LogP contribution in [-0.4, -0.2) is 28.7 Å². The Labute approximate surface area is 96.3 Å². The second-order valence-electron chi connectivity index (χ2n) is 2.76. The molecule has 0 atom stereocenters. The van der Waals surface area contributed by atoms with Crippen molar-refractivity contribution >= 4 is 28.3 Å². The molecule has 0 saturated carbocycles. The summed E-state index contributed by atoms with van der Waals surface area (Å²) in [5.41, 5.74) is 1.51. The topological polar surface area (TPSA) is 81.2 Å². The Morgan fingerprint density at radius 1 is 1.56 bits per heavy atom. The lowest BCUT2D eigenvalue weighted by Gasteiger charge is -2.01. The largest absolute Gasteiger partial charge is 0.461 e. The maximum absolute atomic E-state index is 11.3. The molecule has 1 heterocycles. The Kier molecular flexibility index (Phi) is 5.13. The number of esters is 1. The lowest BCUT2D eigenvalue weighted by molar-refractivity contribution is -0.143. The average molecular weight is 241 g/mol. The van der Waals surface area contributed by atoms with E-state index in [2.05, 4.69) is 22.1 Å². The van der Waals surface area contributed by atoms with Crippen LogP contribution in [0, 0.1) is 0 Å². The van der Waals surface area contributed by atoms with E-state index >= 15 is 0 Å². The lowest BCUT2D eigenvalue weighted by Crippen LogP contribution is -2.14. The van der Waals surface area contributed by atoms with Crippen molar-refractivity contribution in [2.75, 3.05) is 11.9 Å². The molecule has 0 aromatic carbocycles. The van der Waals surface area contributed by atoms with Crippen LogP contribution in [0.3, 0.4) is 0 Å². The zero-order chi connectivity index (χ0) is 11.8. The highest BCUT2D eigenvalue weighted by Gasteiger charge is 2.08. The van der Waals surface area contributed by atoms with Gasteiger partial charge in [-0.1, -0.05) is 24.0 Å². The molecule has 0 spiro atoms. The highest BCUT2D eigenvalue weighted by atomic mass is 32.1. The van der Waals surface area contributed by atoms with E-state index in [4.69, 9.17) is 4.74 Å². The number of nitrogens with one attached hydrogen (secondary N) is 1. The molecule has 0 aliphatic carbocycles. The second kappa shape index (κ2) is 6.67. The number of carbonyl (C=O) groups is 2. The summed E-state index contributed by atoms with van der Waals surface area (Å²) in [6.07, 6.45) is 1.58. The fraction of sp³-hybridized carbons (Fsp3) is 0.333. The van der Waals surface area contributed by atoms with Gasteiger partial charge in [0.05, 0.1) is 6.42 Å². The molecule has 0 radical (unpaired) electrons. The minimum absolute atomic E-state index is 0.0402. The molecule has 16 heavy (non-hydrogen) atoms. The normalized spacial score (nSPS) is 9.50. The number of carbonyl (C=O) groups excluding carboxylic acids is 2. The summed E-state index contributed by atoms with van der Waals surface area (Å²) in [6, 6.07) is 0. The number of hydrogen-bond donors (Lipinski definition) is 1. The van der Waals surface area contributed by atoms with Crippen molar-refractivity contribution in [3.05, 3.63) is 18.2 Å². The number of hydrogen-bond acceptors (Lipinski definition) is 6. The van der Waals surface area contributed by atoms with Crippen LogP contribution in [0.5, 0.6) is 0 Å². The summed E-state index contributed by atoms with van der Waals surface area (Å²) in [7, 11) is 0. The summed E-state index contributed by atoms with van der Waals surface area (Å²) in [4.78, 5) is 22.3. The third-order valence-electron chi connectivity index (χ3n) is 1.52. The molecule has 6 nitrogen and oxygen atoms in total. The SMILES string of the molecule is C=CCOC(=O)CCC(=O)Nc1nncs1. The monoisotopic (exact) mass is 241 g/mol. The van der Waals surface area contributed by atoms with Gasteiger partial charge in [-0.2, -0.15) is 0 Å². The van der Waals surface area contributed by atoms with E-state index in [0.29, 0.717) is 5.13 Å². The Bertz CT molecular complexity index is 364. The van der Waals surface area contributed by atoms with Crippen LogP contribution in [0.15, 0.2) is 18.2 Å². The third kappa shape index (κ3) is 4.65. The van der Waals surface area contributed by atoms with E-state index in [1.165, 1.54) is 22.9 Å². The fourth-order valence-corrected chi connectivity index (χ4v) is 1.31. The Balaban J connectivity index is 2.20. The van der Waals surface area contributed by atoms with E-state index in [1.807, 2.05) is 0 Å². The molecule has 1 N–H and O–H groups in total. The maximum Gasteiger partial charge on any atom is 0.306 e. The molecule has 0 bridgehead atoms. The maximum atomic E-state index is 11.3. The number of aromatic nitrogens is 2. The minimum atomic E-state index is -0.424. The predicted octanol–water partition coefficient (Wildman–Crippen LogP) is 0.986. The van der Waals surface area contributed by atoms with Crippen LogP contribution < -0.4 is 5.32 Å². The van der Waals surface area contributed by atoms with Crippen molar-refractivity contribution in [3.8, 4) is 0 Å². The number of rotatable bonds is 6. The van der Waals surface area contributed by atoms with Crippen LogP contribution >= 0.6 is 11.3 Å². The van der Waals surface area contributed by atoms with Gasteiger partial charge in [-0.05, 0) is 0 Å². The molecule has 7 heteroatoms. The molecule has 1 aromatic heterocycles. The van der Waals surface area contributed by atoms with E-state index in [1.54, 1.807) is 0 Å². The molecule has 0 aliphatic heterocycles. The van der Waals surface area contributed by atoms with Crippen LogP contribution in [0.25, 0.3) is 0 Å². The van der Waals surface area contributed by atoms with Gasteiger partial charge in [-0.25, -0.2) is 0 Å². The predicted molar refractivity (Wildman–Crippen MR) is 58.9 cm³/mol. The smallest absolute Gasteiger partial charge is 0.306 e. The number of amides is 1. The van der Waals surface area contributed by atoms with Gasteiger partial charge in [-0.15, -0.1) is 10.2 Å². The zero-order valence-electron chi connectivity index (χ0n) is 8.51. The average Bonchev–Trinajstić information content (AvgIpc) is 2.76. The van der Waals surface area contributed by atoms with Gasteiger partial charge in [0.15, 0.2) is 0 Å². The van der Waals surface area contributed by atoms with Crippen molar-refractivity contribution in [1.82, 2.24) is 10.2 Å². The lowest BCUT2D eigenvalue weighted by atomic mass is 10.3. The molecule has 0 fully saturated rings. The summed E-state index contributed by atoms with van der Waals surface area (Å²) in [5, 5.41) is 10.1. The van der Waals surface area contributed by atoms with Crippen LogP contribution in [0.1, 0.15) is 12.8 Å². The highest BCUT2D eigenvalue weighted by Crippen LogP contribution is 2.08. The zero-order valence-corrected chi connectivity index (χ0v) is 9.33. The van der Waals surface area contributed by atoms with Crippen LogP contribution in [-0.2, 0) is 14.3 Å². The standard InChI is InChI=1S/C9H11N3O3S/c1-2-5-15-8(14)4-3-7(13)11-9-12-10-6-16-9/h2,6H,1,3-5H2,(H,11,12,13). The van der Waals surface area contributed by atoms with Crippen molar-refractivity contribution in [2.24, 2.45) is 0 Å². The first-order valence-electron chi connectivity index (χ1n) is 4.55. The van der Waals surface area contributed by atoms with Gasteiger partial charge in [0.1, 0.15) is 12.1 Å². The number of anilines is 1. The van der Waals surface area contributed by atoms with Crippen molar-refractivity contribution in [1.29, 1.82) is 0 Å². The minimum Gasteiger partial charge on any atom is -0.461 e. The molecular weight excluding hydrogens is 230 g/mol. The number of nitrogens with zero attached hydrogens (tertiary/aromatic N) is 2. The van der Waals surface area contributed by atoms with E-state index < -0.39 is 5.97 Å². The quantitative estimate of drug-likeness (QED) is 0.593. The molecule has 86 valence electrons. The van der Waals surface area contributed by atoms with Crippen molar-refractivity contribution < 1.29 is 14.3 Å². The molecular formula is C9H11N3O3S. The van der Waals surface area contributed by atoms with Crippen molar-refractivity contribution in [2.45, 2.75) is 12.8 Å². The van der Waals surface area contributed by atoms with Crippen LogP contribution in [0.2, 0.25) is 0 Å². The Morgan fingerprint density at radius 2 is 2.38 bits per heavy atom. The molecule has 0 unspecified atom stereocenters. The van der Waals surface area contributed by atoms with E-state index in [9.17, 15) is 9.59 Å². The first-order valence-corrected chi connectivity index (χ1v) is 5.43. The summed E-state index contributed by atoms with van der Waals surface area (Å²) >= 11 is 1.22. The highest BCUT2D eigenvalue weighted by molar-refractivity contribution is 7.13. The molecule has 0 aliphatic rings. The fourth-order valence-electron chi connectivity index (χ4n) is 0.849. The summed E-state index contributed by atoms with van der Waals surface area (Å²) < 4.78 is 4.71. The second-order valence-corrected chi connectivity index (χ2v) is 3.60. The summed E-state index contributed by atoms with van der Waals surface area (Å²) in [5.74, 6) is -0.709. The first-order chi connectivity index (χ1) is 7.72. The number of ether oxygens (including phenoxy) is 1. The van der Waals surface area contributed by atoms with Gasteiger partial charge in [0, 0.05) is 6.42 Å². The summed E-state index contributed by atoms with van der Waals surface area (Å²) in [6.45, 7) is 3.57. The molecule has 1 amide bonds. The molecule has 1 aromatic rings. The molecule has 0 saturated heterocycles. The van der Waals surface area contributed by atoms with Gasteiger partial charge in [0.2, 0.25) is 11.0 Å². The van der Waals surface area contributed by atoms with E-state index in [-0.39, 0.29) is 25.4 Å². The third-order valence-corrected chi connectivity index (χ3v) is 2.13.